The van der Waals surface area contributed by atoms with Crippen molar-refractivity contribution in [3.63, 3.8) is 0 Å². The monoisotopic (exact) mass is 307 g/mol. The van der Waals surface area contributed by atoms with Gasteiger partial charge in [-0.3, -0.25) is 4.79 Å². The number of carbonyl (C=O) groups excluding carboxylic acids is 1. The van der Waals surface area contributed by atoms with Crippen LogP contribution in [0.2, 0.25) is 0 Å². The summed E-state index contributed by atoms with van der Waals surface area (Å²) >= 11 is 1.44. The summed E-state index contributed by atoms with van der Waals surface area (Å²) in [5.41, 5.74) is 0.808. The maximum absolute atomic E-state index is 12.0. The molecule has 6 nitrogen and oxygen atoms in total. The summed E-state index contributed by atoms with van der Waals surface area (Å²) in [5.74, 6) is 2.13. The molecule has 0 spiro atoms. The number of hydrogen-bond acceptors (Lipinski definition) is 6. The normalized spacial score (nSPS) is 19.2. The van der Waals surface area contributed by atoms with E-state index in [2.05, 4.69) is 10.2 Å². The highest BCUT2D eigenvalue weighted by atomic mass is 32.2. The maximum atomic E-state index is 12.0. The Morgan fingerprint density at radius 2 is 2.33 bits per heavy atom. The van der Waals surface area contributed by atoms with Gasteiger partial charge in [0.25, 0.3) is 11.1 Å². The molecule has 0 bridgehead atoms. The lowest BCUT2D eigenvalue weighted by atomic mass is 10.00. The molecule has 0 radical (unpaired) electrons. The topological polar surface area (TPSA) is 72.4 Å². The number of nitrogens with zero attached hydrogens (tertiary/aromatic N) is 3. The minimum absolute atomic E-state index is 0.0414. The summed E-state index contributed by atoms with van der Waals surface area (Å²) in [6.45, 7) is 2.70. The van der Waals surface area contributed by atoms with Crippen LogP contribution in [0.1, 0.15) is 18.6 Å². The fourth-order valence-electron chi connectivity index (χ4n) is 2.43. The molecule has 0 N–H and O–H groups in total. The number of amides is 1. The Hall–Kier alpha value is -1.76. The van der Waals surface area contributed by atoms with Gasteiger partial charge in [0.2, 0.25) is 5.91 Å². The van der Waals surface area contributed by atoms with Crippen molar-refractivity contribution in [2.75, 3.05) is 19.3 Å². The summed E-state index contributed by atoms with van der Waals surface area (Å²) in [6, 6.07) is 1.80. The summed E-state index contributed by atoms with van der Waals surface area (Å²) < 4.78 is 10.8. The van der Waals surface area contributed by atoms with Crippen molar-refractivity contribution in [1.82, 2.24) is 15.1 Å². The van der Waals surface area contributed by atoms with Crippen LogP contribution >= 0.6 is 11.8 Å². The quantitative estimate of drug-likeness (QED) is 0.808. The van der Waals surface area contributed by atoms with Crippen LogP contribution in [-0.4, -0.2) is 40.3 Å². The van der Waals surface area contributed by atoms with Crippen LogP contribution in [0, 0.1) is 12.8 Å². The minimum Gasteiger partial charge on any atom is -0.469 e. The van der Waals surface area contributed by atoms with Gasteiger partial charge in [-0.2, -0.15) is 0 Å². The second kappa shape index (κ2) is 5.93. The van der Waals surface area contributed by atoms with Crippen LogP contribution in [0.5, 0.6) is 0 Å². The standard InChI is InChI=1S/C14H17N3O3S/c1-9-11(5-7-19-9)12-15-16-14(20-12)21-8-10-4-3-6-17(2)13(10)18/h5,7,10H,3-4,6,8H2,1-2H3. The number of rotatable bonds is 4. The molecule has 1 aliphatic rings. The van der Waals surface area contributed by atoms with Crippen LogP contribution in [-0.2, 0) is 4.79 Å². The average Bonchev–Trinajstić information content (AvgIpc) is 3.09. The zero-order chi connectivity index (χ0) is 14.8. The molecule has 2 aromatic rings. The maximum Gasteiger partial charge on any atom is 0.276 e. The van der Waals surface area contributed by atoms with Gasteiger partial charge in [0.1, 0.15) is 5.76 Å². The summed E-state index contributed by atoms with van der Waals surface area (Å²) in [7, 11) is 1.85. The van der Waals surface area contributed by atoms with Gasteiger partial charge in [0.15, 0.2) is 0 Å². The molecule has 7 heteroatoms. The second-order valence-electron chi connectivity index (χ2n) is 5.17. The number of piperidine rings is 1. The van der Waals surface area contributed by atoms with Crippen LogP contribution in [0.3, 0.4) is 0 Å². The van der Waals surface area contributed by atoms with E-state index >= 15 is 0 Å². The van der Waals surface area contributed by atoms with Gasteiger partial charge >= 0.3 is 0 Å². The molecule has 1 atom stereocenters. The molecular weight excluding hydrogens is 290 g/mol. The number of thioether (sulfide) groups is 1. The molecule has 3 rings (SSSR count). The van der Waals surface area contributed by atoms with Crippen molar-refractivity contribution in [2.45, 2.75) is 25.0 Å². The van der Waals surface area contributed by atoms with Gasteiger partial charge in [-0.05, 0) is 25.8 Å². The van der Waals surface area contributed by atoms with Crippen molar-refractivity contribution in [2.24, 2.45) is 5.92 Å². The molecule has 1 saturated heterocycles. The molecule has 0 aliphatic carbocycles. The van der Waals surface area contributed by atoms with Crippen molar-refractivity contribution in [3.8, 4) is 11.5 Å². The Labute approximate surface area is 126 Å². The third kappa shape index (κ3) is 2.97. The van der Waals surface area contributed by atoms with E-state index in [1.54, 1.807) is 17.2 Å². The molecule has 0 saturated carbocycles. The van der Waals surface area contributed by atoms with Crippen LogP contribution in [0.15, 0.2) is 26.4 Å². The number of aryl methyl sites for hydroxylation is 1. The average molecular weight is 307 g/mol. The molecule has 1 fully saturated rings. The van der Waals surface area contributed by atoms with Gasteiger partial charge in [-0.1, -0.05) is 11.8 Å². The van der Waals surface area contributed by atoms with E-state index in [0.29, 0.717) is 16.9 Å². The Morgan fingerprint density at radius 1 is 1.48 bits per heavy atom. The lowest BCUT2D eigenvalue weighted by Gasteiger charge is -2.28. The molecule has 1 amide bonds. The predicted octanol–water partition coefficient (Wildman–Crippen LogP) is 2.60. The number of aromatic nitrogens is 2. The number of hydrogen-bond donors (Lipinski definition) is 0. The lowest BCUT2D eigenvalue weighted by Crippen LogP contribution is -2.39. The van der Waals surface area contributed by atoms with E-state index in [0.717, 1.165) is 30.7 Å². The van der Waals surface area contributed by atoms with E-state index in [1.807, 2.05) is 14.0 Å². The summed E-state index contributed by atoms with van der Waals surface area (Å²) in [4.78, 5) is 13.8. The van der Waals surface area contributed by atoms with E-state index < -0.39 is 0 Å². The molecule has 21 heavy (non-hydrogen) atoms. The first kappa shape index (κ1) is 14.2. The molecule has 1 aliphatic heterocycles. The van der Waals surface area contributed by atoms with E-state index in [9.17, 15) is 4.79 Å². The Morgan fingerprint density at radius 3 is 3.10 bits per heavy atom. The van der Waals surface area contributed by atoms with Gasteiger partial charge < -0.3 is 13.7 Å². The fraction of sp³-hybridized carbons (Fsp3) is 0.500. The number of furan rings is 1. The first-order valence-electron chi connectivity index (χ1n) is 6.91. The first-order chi connectivity index (χ1) is 10.1. The molecule has 0 aromatic carbocycles. The van der Waals surface area contributed by atoms with E-state index in [1.165, 1.54) is 11.8 Å². The van der Waals surface area contributed by atoms with Gasteiger partial charge in [-0.15, -0.1) is 10.2 Å². The zero-order valence-corrected chi connectivity index (χ0v) is 12.9. The van der Waals surface area contributed by atoms with Crippen molar-refractivity contribution in [3.05, 3.63) is 18.1 Å². The van der Waals surface area contributed by atoms with Crippen LogP contribution in [0.25, 0.3) is 11.5 Å². The second-order valence-corrected chi connectivity index (χ2v) is 6.14. The Bertz CT molecular complexity index is 637. The van der Waals surface area contributed by atoms with Gasteiger partial charge in [0, 0.05) is 25.3 Å². The molecule has 3 heterocycles. The van der Waals surface area contributed by atoms with Gasteiger partial charge in [0.05, 0.1) is 11.8 Å². The van der Waals surface area contributed by atoms with E-state index in [4.69, 9.17) is 8.83 Å². The van der Waals surface area contributed by atoms with Crippen LogP contribution in [0.4, 0.5) is 0 Å². The van der Waals surface area contributed by atoms with Crippen molar-refractivity contribution in [1.29, 1.82) is 0 Å². The van der Waals surface area contributed by atoms with Gasteiger partial charge in [-0.25, -0.2) is 0 Å². The third-order valence-electron chi connectivity index (χ3n) is 3.68. The molecule has 2 aromatic heterocycles. The number of likely N-dealkylation sites (tertiary alicyclic amines) is 1. The van der Waals surface area contributed by atoms with Crippen LogP contribution < -0.4 is 0 Å². The Balaban J connectivity index is 1.63. The SMILES string of the molecule is Cc1occc1-c1nnc(SCC2CCCN(C)C2=O)o1. The minimum atomic E-state index is 0.0414. The fourth-order valence-corrected chi connectivity index (χ4v) is 3.32. The summed E-state index contributed by atoms with van der Waals surface area (Å²) in [6.07, 6.45) is 3.58. The Kier molecular flexibility index (Phi) is 4.01. The van der Waals surface area contributed by atoms with E-state index in [-0.39, 0.29) is 11.8 Å². The predicted molar refractivity (Wildman–Crippen MR) is 77.8 cm³/mol. The highest BCUT2D eigenvalue weighted by Crippen LogP contribution is 2.29. The lowest BCUT2D eigenvalue weighted by molar-refractivity contribution is -0.135. The van der Waals surface area contributed by atoms with Crippen molar-refractivity contribution >= 4 is 17.7 Å². The number of carbonyl (C=O) groups is 1. The van der Waals surface area contributed by atoms with Crippen molar-refractivity contribution < 1.29 is 13.6 Å². The smallest absolute Gasteiger partial charge is 0.276 e. The summed E-state index contributed by atoms with van der Waals surface area (Å²) in [5, 5.41) is 8.54. The highest BCUT2D eigenvalue weighted by Gasteiger charge is 2.27. The third-order valence-corrected chi connectivity index (χ3v) is 4.66. The molecule has 1 unspecified atom stereocenters. The molecule has 112 valence electrons. The first-order valence-corrected chi connectivity index (χ1v) is 7.89. The zero-order valence-electron chi connectivity index (χ0n) is 12.0. The highest BCUT2D eigenvalue weighted by molar-refractivity contribution is 7.99. The molecular formula is C14H17N3O3S. The largest absolute Gasteiger partial charge is 0.469 e.